The first-order chi connectivity index (χ1) is 10.1. The predicted molar refractivity (Wildman–Crippen MR) is 107 cm³/mol. The molecule has 2 nitrogen and oxygen atoms in total. The van der Waals surface area contributed by atoms with Crippen molar-refractivity contribution in [2.75, 3.05) is 0 Å². The molecule has 0 saturated heterocycles. The first-order valence-electron chi connectivity index (χ1n) is 8.55. The molecule has 0 saturated carbocycles. The minimum Gasteiger partial charge on any atom is -0.543 e. The Balaban J connectivity index is 3.10. The van der Waals surface area contributed by atoms with Crippen molar-refractivity contribution in [1.82, 2.24) is 0 Å². The van der Waals surface area contributed by atoms with Crippen LogP contribution in [-0.4, -0.2) is 16.6 Å². The maximum atomic E-state index is 6.46. The molecule has 4 heteroatoms. The summed E-state index contributed by atoms with van der Waals surface area (Å²) >= 11 is 0. The number of hydrogen-bond acceptors (Lipinski definition) is 2. The van der Waals surface area contributed by atoms with E-state index in [9.17, 15) is 0 Å². The molecule has 1 aromatic carbocycles. The molecule has 0 unspecified atom stereocenters. The third kappa shape index (κ3) is 5.11. The van der Waals surface area contributed by atoms with Gasteiger partial charge in [-0.2, -0.15) is 0 Å². The standard InChI is InChI=1S/C19H36O2Si2/c1-15-12-16(20-22(8,9)18(2,3)4)14-17(13-15)21-23(10,11)19(5,6)7/h12-14H,1-11H3. The van der Waals surface area contributed by atoms with Gasteiger partial charge in [0.2, 0.25) is 16.6 Å². The highest BCUT2D eigenvalue weighted by Crippen LogP contribution is 2.40. The van der Waals surface area contributed by atoms with Crippen molar-refractivity contribution < 1.29 is 8.85 Å². The van der Waals surface area contributed by atoms with Crippen LogP contribution in [0.5, 0.6) is 11.5 Å². The van der Waals surface area contributed by atoms with E-state index in [1.807, 2.05) is 0 Å². The van der Waals surface area contributed by atoms with Gasteiger partial charge in [0, 0.05) is 6.07 Å². The van der Waals surface area contributed by atoms with Crippen molar-refractivity contribution in [3.63, 3.8) is 0 Å². The quantitative estimate of drug-likeness (QED) is 0.557. The summed E-state index contributed by atoms with van der Waals surface area (Å²) in [6.07, 6.45) is 0. The van der Waals surface area contributed by atoms with Crippen LogP contribution < -0.4 is 8.85 Å². The normalized spacial score (nSPS) is 13.9. The van der Waals surface area contributed by atoms with Crippen LogP contribution in [0, 0.1) is 6.92 Å². The zero-order chi connectivity index (χ0) is 18.3. The molecule has 0 amide bonds. The highest BCUT2D eigenvalue weighted by atomic mass is 28.4. The molecule has 0 N–H and O–H groups in total. The highest BCUT2D eigenvalue weighted by Gasteiger charge is 2.40. The molecule has 0 spiro atoms. The zero-order valence-corrected chi connectivity index (χ0v) is 19.0. The van der Waals surface area contributed by atoms with Gasteiger partial charge in [-0.05, 0) is 60.9 Å². The van der Waals surface area contributed by atoms with E-state index < -0.39 is 16.6 Å². The lowest BCUT2D eigenvalue weighted by Gasteiger charge is -2.38. The first-order valence-corrected chi connectivity index (χ1v) is 14.4. The van der Waals surface area contributed by atoms with Crippen molar-refractivity contribution in [1.29, 1.82) is 0 Å². The van der Waals surface area contributed by atoms with Gasteiger partial charge in [0.25, 0.3) is 0 Å². The van der Waals surface area contributed by atoms with Crippen LogP contribution in [0.2, 0.25) is 36.3 Å². The molecule has 0 aliphatic rings. The second-order valence-electron chi connectivity index (χ2n) is 9.71. The van der Waals surface area contributed by atoms with E-state index in [0.717, 1.165) is 11.5 Å². The summed E-state index contributed by atoms with van der Waals surface area (Å²) in [5.41, 5.74) is 1.19. The highest BCUT2D eigenvalue weighted by molar-refractivity contribution is 6.75. The molecule has 0 atom stereocenters. The minimum atomic E-state index is -1.83. The topological polar surface area (TPSA) is 18.5 Å². The van der Waals surface area contributed by atoms with Crippen molar-refractivity contribution >= 4 is 16.6 Å². The molecular formula is C19H36O2Si2. The molecular weight excluding hydrogens is 316 g/mol. The van der Waals surface area contributed by atoms with Crippen LogP contribution in [0.15, 0.2) is 18.2 Å². The molecule has 1 aromatic rings. The van der Waals surface area contributed by atoms with Gasteiger partial charge in [0.1, 0.15) is 11.5 Å². The second-order valence-corrected chi connectivity index (χ2v) is 19.2. The van der Waals surface area contributed by atoms with Crippen LogP contribution >= 0.6 is 0 Å². The summed E-state index contributed by atoms with van der Waals surface area (Å²) in [5.74, 6) is 1.90. The summed E-state index contributed by atoms with van der Waals surface area (Å²) in [5, 5.41) is 0.383. The smallest absolute Gasteiger partial charge is 0.250 e. The van der Waals surface area contributed by atoms with Crippen LogP contribution in [0.25, 0.3) is 0 Å². The summed E-state index contributed by atoms with van der Waals surface area (Å²) < 4.78 is 12.9. The van der Waals surface area contributed by atoms with Gasteiger partial charge in [-0.15, -0.1) is 0 Å². The Morgan fingerprint density at radius 3 is 1.22 bits per heavy atom. The predicted octanol–water partition coefficient (Wildman–Crippen LogP) is 6.76. The van der Waals surface area contributed by atoms with Gasteiger partial charge in [-0.25, -0.2) is 0 Å². The molecule has 0 aromatic heterocycles. The fraction of sp³-hybridized carbons (Fsp3) is 0.684. The van der Waals surface area contributed by atoms with Crippen molar-refractivity contribution in [2.45, 2.75) is 84.7 Å². The Morgan fingerprint density at radius 2 is 0.957 bits per heavy atom. The lowest BCUT2D eigenvalue weighted by Crippen LogP contribution is -2.44. The van der Waals surface area contributed by atoms with E-state index in [2.05, 4.69) is 92.9 Å². The van der Waals surface area contributed by atoms with Gasteiger partial charge >= 0.3 is 0 Å². The Bertz CT molecular complexity index is 503. The SMILES string of the molecule is Cc1cc(O[Si](C)(C)C(C)(C)C)cc(O[Si](C)(C)C(C)(C)C)c1. The van der Waals surface area contributed by atoms with Crippen molar-refractivity contribution in [3.05, 3.63) is 23.8 Å². The van der Waals surface area contributed by atoms with Crippen LogP contribution in [0.3, 0.4) is 0 Å². The molecule has 132 valence electrons. The molecule has 0 heterocycles. The third-order valence-corrected chi connectivity index (χ3v) is 14.1. The van der Waals surface area contributed by atoms with Gasteiger partial charge in [-0.3, -0.25) is 0 Å². The fourth-order valence-electron chi connectivity index (χ4n) is 1.73. The number of aryl methyl sites for hydroxylation is 1. The van der Waals surface area contributed by atoms with E-state index in [1.165, 1.54) is 5.56 Å². The van der Waals surface area contributed by atoms with Gasteiger partial charge in [-0.1, -0.05) is 41.5 Å². The van der Waals surface area contributed by atoms with Crippen LogP contribution in [0.4, 0.5) is 0 Å². The molecule has 23 heavy (non-hydrogen) atoms. The Hall–Kier alpha value is -0.746. The Labute approximate surface area is 145 Å². The first kappa shape index (κ1) is 20.3. The maximum absolute atomic E-state index is 6.46. The third-order valence-electron chi connectivity index (χ3n) is 5.38. The molecule has 0 bridgehead atoms. The summed E-state index contributed by atoms with van der Waals surface area (Å²) in [4.78, 5) is 0. The maximum Gasteiger partial charge on any atom is 0.250 e. The molecule has 0 aliphatic carbocycles. The number of benzene rings is 1. The van der Waals surface area contributed by atoms with Crippen LogP contribution in [0.1, 0.15) is 47.1 Å². The van der Waals surface area contributed by atoms with E-state index in [1.54, 1.807) is 0 Å². The zero-order valence-electron chi connectivity index (χ0n) is 17.0. The van der Waals surface area contributed by atoms with E-state index in [-0.39, 0.29) is 10.1 Å². The lowest BCUT2D eigenvalue weighted by atomic mass is 10.2. The Kier molecular flexibility index (Phi) is 5.54. The van der Waals surface area contributed by atoms with E-state index >= 15 is 0 Å². The van der Waals surface area contributed by atoms with Gasteiger partial charge < -0.3 is 8.85 Å². The molecule has 1 rings (SSSR count). The molecule has 0 aliphatic heterocycles. The largest absolute Gasteiger partial charge is 0.543 e. The van der Waals surface area contributed by atoms with Gasteiger partial charge in [0.05, 0.1) is 0 Å². The molecule has 0 fully saturated rings. The second kappa shape index (κ2) is 6.28. The number of hydrogen-bond donors (Lipinski definition) is 0. The monoisotopic (exact) mass is 352 g/mol. The van der Waals surface area contributed by atoms with E-state index in [0.29, 0.717) is 0 Å². The Morgan fingerprint density at radius 1 is 0.652 bits per heavy atom. The fourth-order valence-corrected chi connectivity index (χ4v) is 3.75. The minimum absolute atomic E-state index is 0.192. The average molecular weight is 353 g/mol. The van der Waals surface area contributed by atoms with E-state index in [4.69, 9.17) is 8.85 Å². The molecule has 0 radical (unpaired) electrons. The summed E-state index contributed by atoms with van der Waals surface area (Å²) in [6.45, 7) is 24.8. The average Bonchev–Trinajstić information content (AvgIpc) is 2.22. The van der Waals surface area contributed by atoms with Crippen molar-refractivity contribution in [2.24, 2.45) is 0 Å². The van der Waals surface area contributed by atoms with Gasteiger partial charge in [0.15, 0.2) is 0 Å². The lowest BCUT2D eigenvalue weighted by molar-refractivity contribution is 0.474. The summed E-state index contributed by atoms with van der Waals surface area (Å²) in [7, 11) is -3.66. The van der Waals surface area contributed by atoms with Crippen LogP contribution in [-0.2, 0) is 0 Å². The van der Waals surface area contributed by atoms with Crippen molar-refractivity contribution in [3.8, 4) is 11.5 Å². The number of rotatable bonds is 4. The summed E-state index contributed by atoms with van der Waals surface area (Å²) in [6, 6.07) is 6.33.